The molecule has 0 saturated heterocycles. The van der Waals surface area contributed by atoms with Crippen LogP contribution in [0.5, 0.6) is 0 Å². The highest BCUT2D eigenvalue weighted by atomic mass is 32.3. The zero-order valence-electron chi connectivity index (χ0n) is 13.9. The van der Waals surface area contributed by atoms with E-state index in [0.717, 1.165) is 22.6 Å². The molecule has 0 spiro atoms. The minimum absolute atomic E-state index is 0.241. The fourth-order valence-electron chi connectivity index (χ4n) is 3.07. The highest BCUT2D eigenvalue weighted by Crippen LogP contribution is 2.72. The van der Waals surface area contributed by atoms with E-state index < -0.39 is 10.3 Å². The van der Waals surface area contributed by atoms with Crippen molar-refractivity contribution in [2.75, 3.05) is 0 Å². The zero-order chi connectivity index (χ0) is 17.1. The molecular weight excluding hydrogens is 328 g/mol. The molecule has 3 heteroatoms. The molecule has 0 amide bonds. The molecule has 3 aromatic carbocycles. The Labute approximate surface area is 150 Å². The van der Waals surface area contributed by atoms with Gasteiger partial charge < -0.3 is 4.18 Å². The van der Waals surface area contributed by atoms with E-state index in [0.29, 0.717) is 10.8 Å². The lowest BCUT2D eigenvalue weighted by Gasteiger charge is -2.40. The Morgan fingerprint density at radius 2 is 1.16 bits per heavy atom. The maximum Gasteiger partial charge on any atom is 0.349 e. The van der Waals surface area contributed by atoms with Crippen LogP contribution in [0.2, 0.25) is 0 Å². The maximum atomic E-state index is 12.9. The van der Waals surface area contributed by atoms with Crippen molar-refractivity contribution in [1.29, 1.82) is 0 Å². The Morgan fingerprint density at radius 1 is 0.720 bits per heavy atom. The number of benzene rings is 3. The minimum atomic E-state index is -1.86. The Kier molecular flexibility index (Phi) is 4.33. The lowest BCUT2D eigenvalue weighted by atomic mass is 10.2. The fraction of sp³-hybridized carbons (Fsp3) is 0.136. The molecular formula is C22H20O2S. The molecule has 0 aliphatic heterocycles. The van der Waals surface area contributed by atoms with Crippen molar-refractivity contribution in [1.82, 2.24) is 0 Å². The van der Waals surface area contributed by atoms with Gasteiger partial charge in [-0.05, 0) is 59.5 Å². The first-order valence-electron chi connectivity index (χ1n) is 8.52. The van der Waals surface area contributed by atoms with Crippen molar-refractivity contribution in [3.63, 3.8) is 0 Å². The van der Waals surface area contributed by atoms with E-state index in [-0.39, 0.29) is 5.97 Å². The van der Waals surface area contributed by atoms with Gasteiger partial charge >= 0.3 is 5.97 Å². The van der Waals surface area contributed by atoms with E-state index in [4.69, 9.17) is 4.18 Å². The Morgan fingerprint density at radius 3 is 1.60 bits per heavy atom. The van der Waals surface area contributed by atoms with Gasteiger partial charge in [0.15, 0.2) is 0 Å². The van der Waals surface area contributed by atoms with Crippen molar-refractivity contribution in [3.8, 4) is 0 Å². The van der Waals surface area contributed by atoms with Crippen LogP contribution in [0, 0.1) is 0 Å². The van der Waals surface area contributed by atoms with Gasteiger partial charge in [-0.3, -0.25) is 0 Å². The summed E-state index contributed by atoms with van der Waals surface area (Å²) in [6.45, 7) is 0. The van der Waals surface area contributed by atoms with Crippen LogP contribution < -0.4 is 0 Å². The van der Waals surface area contributed by atoms with Crippen molar-refractivity contribution < 1.29 is 8.98 Å². The average Bonchev–Trinajstić information content (AvgIpc) is 3.54. The summed E-state index contributed by atoms with van der Waals surface area (Å²) in [6.07, 6.45) is 2.20. The highest BCUT2D eigenvalue weighted by Gasteiger charge is 2.47. The first-order valence-corrected chi connectivity index (χ1v) is 10.1. The van der Waals surface area contributed by atoms with E-state index in [1.165, 1.54) is 0 Å². The standard InChI is InChI=1S/C22H20O2S/c23-22(18-10-4-1-5-11-18)24-25(21-16-17-21,19-12-6-2-7-13-19)20-14-8-3-9-15-20/h1-15,21H,16-17H2. The molecule has 2 nitrogen and oxygen atoms in total. The molecule has 25 heavy (non-hydrogen) atoms. The molecule has 3 aromatic rings. The van der Waals surface area contributed by atoms with Crippen LogP contribution in [0.15, 0.2) is 101 Å². The van der Waals surface area contributed by atoms with Crippen molar-refractivity contribution in [2.45, 2.75) is 27.9 Å². The molecule has 126 valence electrons. The molecule has 0 radical (unpaired) electrons. The first-order chi connectivity index (χ1) is 12.3. The fourth-order valence-corrected chi connectivity index (χ4v) is 6.70. The molecule has 0 aromatic heterocycles. The van der Waals surface area contributed by atoms with E-state index in [2.05, 4.69) is 24.3 Å². The summed E-state index contributed by atoms with van der Waals surface area (Å²) in [6, 6.07) is 29.8. The Hall–Kier alpha value is -2.52. The molecule has 0 unspecified atom stereocenters. The number of hydrogen-bond acceptors (Lipinski definition) is 2. The summed E-state index contributed by atoms with van der Waals surface area (Å²) in [5.74, 6) is -0.241. The largest absolute Gasteiger partial charge is 0.403 e. The third-order valence-electron chi connectivity index (χ3n) is 4.40. The van der Waals surface area contributed by atoms with Gasteiger partial charge in [0.2, 0.25) is 0 Å². The highest BCUT2D eigenvalue weighted by molar-refractivity contribution is 8.30. The third kappa shape index (κ3) is 3.08. The SMILES string of the molecule is O=C(OS(c1ccccc1)(c1ccccc1)C1CC1)c1ccccc1. The number of rotatable bonds is 5. The van der Waals surface area contributed by atoms with Crippen LogP contribution in [-0.2, 0) is 4.18 Å². The second-order valence-electron chi connectivity index (χ2n) is 6.16. The summed E-state index contributed by atoms with van der Waals surface area (Å²) in [5, 5.41) is 0.393. The monoisotopic (exact) mass is 348 g/mol. The topological polar surface area (TPSA) is 26.3 Å². The average molecular weight is 348 g/mol. The molecule has 0 N–H and O–H groups in total. The molecule has 4 rings (SSSR count). The minimum Gasteiger partial charge on any atom is -0.403 e. The maximum absolute atomic E-state index is 12.9. The predicted molar refractivity (Wildman–Crippen MR) is 102 cm³/mol. The smallest absolute Gasteiger partial charge is 0.349 e. The Balaban J connectivity index is 1.82. The van der Waals surface area contributed by atoms with E-state index in [9.17, 15) is 4.79 Å². The van der Waals surface area contributed by atoms with Crippen LogP contribution >= 0.6 is 10.3 Å². The van der Waals surface area contributed by atoms with Crippen LogP contribution in [0.4, 0.5) is 0 Å². The summed E-state index contributed by atoms with van der Waals surface area (Å²) in [7, 11) is -1.86. The molecule has 0 bridgehead atoms. The lowest BCUT2D eigenvalue weighted by Crippen LogP contribution is -2.16. The van der Waals surface area contributed by atoms with Crippen molar-refractivity contribution in [2.24, 2.45) is 0 Å². The second-order valence-corrected chi connectivity index (χ2v) is 9.14. The molecule has 1 aliphatic rings. The van der Waals surface area contributed by atoms with Crippen molar-refractivity contribution in [3.05, 3.63) is 96.6 Å². The predicted octanol–water partition coefficient (Wildman–Crippen LogP) is 5.84. The van der Waals surface area contributed by atoms with Gasteiger partial charge in [-0.1, -0.05) is 54.6 Å². The number of hydrogen-bond donors (Lipinski definition) is 0. The number of carbonyl (C=O) groups is 1. The van der Waals surface area contributed by atoms with E-state index >= 15 is 0 Å². The lowest BCUT2D eigenvalue weighted by molar-refractivity contribution is 0.0757. The summed E-state index contributed by atoms with van der Waals surface area (Å²) < 4.78 is 6.36. The molecule has 1 aliphatic carbocycles. The summed E-state index contributed by atoms with van der Waals surface area (Å²) in [5.41, 5.74) is 0.604. The van der Waals surface area contributed by atoms with Gasteiger partial charge in [-0.15, -0.1) is 0 Å². The van der Waals surface area contributed by atoms with Gasteiger partial charge in [-0.25, -0.2) is 4.79 Å². The van der Waals surface area contributed by atoms with Gasteiger partial charge in [0, 0.05) is 15.0 Å². The molecule has 0 heterocycles. The molecule has 0 atom stereocenters. The summed E-state index contributed by atoms with van der Waals surface area (Å²) >= 11 is 0. The zero-order valence-corrected chi connectivity index (χ0v) is 14.7. The van der Waals surface area contributed by atoms with E-state index in [1.54, 1.807) is 0 Å². The molecule has 1 fully saturated rings. The second kappa shape index (κ2) is 6.77. The van der Waals surface area contributed by atoms with Gasteiger partial charge in [0.05, 0.1) is 5.56 Å². The third-order valence-corrected chi connectivity index (χ3v) is 8.17. The Bertz CT molecular complexity index is 803. The van der Waals surface area contributed by atoms with Crippen LogP contribution in [0.25, 0.3) is 0 Å². The normalized spacial score (nSPS) is 14.7. The molecule has 1 saturated carbocycles. The van der Waals surface area contributed by atoms with Crippen LogP contribution in [0.1, 0.15) is 23.2 Å². The first kappa shape index (κ1) is 16.0. The van der Waals surface area contributed by atoms with Crippen molar-refractivity contribution >= 4 is 16.3 Å². The quantitative estimate of drug-likeness (QED) is 0.578. The van der Waals surface area contributed by atoms with Crippen LogP contribution in [0.3, 0.4) is 0 Å². The van der Waals surface area contributed by atoms with Gasteiger partial charge in [0.1, 0.15) is 0 Å². The van der Waals surface area contributed by atoms with E-state index in [1.807, 2.05) is 66.7 Å². The van der Waals surface area contributed by atoms with Crippen LogP contribution in [-0.4, -0.2) is 11.2 Å². The van der Waals surface area contributed by atoms with Gasteiger partial charge in [-0.2, -0.15) is 0 Å². The van der Waals surface area contributed by atoms with Gasteiger partial charge in [0.25, 0.3) is 0 Å². The number of carbonyl (C=O) groups excluding carboxylic acids is 1. The summed E-state index contributed by atoms with van der Waals surface area (Å²) in [4.78, 5) is 15.2.